The summed E-state index contributed by atoms with van der Waals surface area (Å²) < 4.78 is 32.8. The van der Waals surface area contributed by atoms with E-state index in [4.69, 9.17) is 0 Å². The third kappa shape index (κ3) is 4.80. The molecule has 0 aliphatic heterocycles. The molecule has 0 aliphatic rings. The van der Waals surface area contributed by atoms with Crippen molar-refractivity contribution >= 4 is 10.1 Å². The first-order chi connectivity index (χ1) is 8.04. The molecule has 0 fully saturated rings. The average Bonchev–Trinajstić information content (AvgIpc) is 2.83. The smallest absolute Gasteiger partial charge is 0.124 e. The van der Waals surface area contributed by atoms with E-state index >= 15 is 0 Å². The normalized spacial score (nSPS) is 10.5. The molecule has 0 saturated heterocycles. The molecule has 92 valence electrons. The van der Waals surface area contributed by atoms with Crippen LogP contribution in [0.2, 0.25) is 0 Å². The van der Waals surface area contributed by atoms with Crippen LogP contribution in [-0.2, 0) is 16.7 Å². The topological polar surface area (TPSA) is 75.0 Å². The number of aromatic nitrogens is 2. The molecule has 0 saturated carbocycles. The molecule has 0 aliphatic carbocycles. The third-order valence-electron chi connectivity index (χ3n) is 1.96. The molecule has 0 N–H and O–H groups in total. The van der Waals surface area contributed by atoms with Gasteiger partial charge in [0.2, 0.25) is 0 Å². The van der Waals surface area contributed by atoms with Crippen molar-refractivity contribution in [3.63, 3.8) is 0 Å². The van der Waals surface area contributed by atoms with Crippen LogP contribution < -0.4 is 0 Å². The maximum atomic E-state index is 10.3. The highest BCUT2D eigenvalue weighted by Gasteiger charge is 1.95. The van der Waals surface area contributed by atoms with Crippen molar-refractivity contribution in [2.45, 2.75) is 18.4 Å². The molecular formula is C11H13N2O3S-. The number of hydrogen-bond acceptors (Lipinski definition) is 4. The minimum Gasteiger partial charge on any atom is -0.744 e. The Balaban J connectivity index is 0.000000181. The maximum absolute atomic E-state index is 10.3. The van der Waals surface area contributed by atoms with Crippen LogP contribution in [-0.4, -0.2) is 22.5 Å². The van der Waals surface area contributed by atoms with Gasteiger partial charge in [-0.2, -0.15) is 0 Å². The fraction of sp³-hybridized carbons (Fsp3) is 0.182. The molecule has 2 rings (SSSR count). The number of hydrogen-bond donors (Lipinski definition) is 0. The summed E-state index contributed by atoms with van der Waals surface area (Å²) in [5.41, 5.74) is 0. The summed E-state index contributed by atoms with van der Waals surface area (Å²) in [5.74, 6) is 0. The molecule has 1 aromatic heterocycles. The summed E-state index contributed by atoms with van der Waals surface area (Å²) in [6.07, 6.45) is 5.53. The van der Waals surface area contributed by atoms with Gasteiger partial charge in [-0.25, -0.2) is 13.4 Å². The number of rotatable bonds is 2. The third-order valence-corrected chi connectivity index (χ3v) is 2.81. The van der Waals surface area contributed by atoms with E-state index in [1.807, 2.05) is 10.8 Å². The predicted octanol–water partition coefficient (Wildman–Crippen LogP) is 1.49. The number of imidazole rings is 1. The first-order valence-corrected chi connectivity index (χ1v) is 6.41. The van der Waals surface area contributed by atoms with Gasteiger partial charge in [-0.05, 0) is 19.1 Å². The van der Waals surface area contributed by atoms with Crippen LogP contribution in [0, 0.1) is 0 Å². The molecule has 0 atom stereocenters. The Morgan fingerprint density at radius 1 is 1.29 bits per heavy atom. The second-order valence-corrected chi connectivity index (χ2v) is 4.54. The standard InChI is InChI=1S/C6H6O3S.C5H8N2/c7-10(8,9)6-4-2-1-3-5-6;1-2-7-4-3-6-5-7/h1-5H,(H,7,8,9);3-5H,2H2,1H3/p-1. The fourth-order valence-electron chi connectivity index (χ4n) is 1.06. The first kappa shape index (κ1) is 13.4. The average molecular weight is 253 g/mol. The van der Waals surface area contributed by atoms with Gasteiger partial charge in [-0.3, -0.25) is 0 Å². The molecule has 0 spiro atoms. The maximum Gasteiger partial charge on any atom is 0.124 e. The minimum absolute atomic E-state index is 0.185. The Bertz CT molecular complexity index is 521. The zero-order chi connectivity index (χ0) is 12.7. The predicted molar refractivity (Wildman–Crippen MR) is 62.3 cm³/mol. The van der Waals surface area contributed by atoms with Crippen LogP contribution >= 0.6 is 0 Å². The first-order valence-electron chi connectivity index (χ1n) is 5.00. The Hall–Kier alpha value is -1.66. The van der Waals surface area contributed by atoms with Crippen molar-refractivity contribution in [2.75, 3.05) is 0 Å². The number of nitrogens with zero attached hydrogens (tertiary/aromatic N) is 2. The molecule has 0 radical (unpaired) electrons. The lowest BCUT2D eigenvalue weighted by molar-refractivity contribution is 0.463. The highest BCUT2D eigenvalue weighted by molar-refractivity contribution is 7.85. The lowest BCUT2D eigenvalue weighted by Crippen LogP contribution is -1.96. The minimum atomic E-state index is -4.25. The van der Waals surface area contributed by atoms with E-state index < -0.39 is 10.1 Å². The van der Waals surface area contributed by atoms with Crippen LogP contribution in [0.5, 0.6) is 0 Å². The second-order valence-electron chi connectivity index (χ2n) is 3.16. The molecule has 17 heavy (non-hydrogen) atoms. The van der Waals surface area contributed by atoms with Crippen LogP contribution in [0.25, 0.3) is 0 Å². The highest BCUT2D eigenvalue weighted by atomic mass is 32.2. The Labute approximate surface area is 100 Å². The Morgan fingerprint density at radius 2 is 1.94 bits per heavy atom. The van der Waals surface area contributed by atoms with E-state index in [2.05, 4.69) is 11.9 Å². The molecule has 1 heterocycles. The summed E-state index contributed by atoms with van der Waals surface area (Å²) in [6, 6.07) is 7.19. The SMILES string of the molecule is CCn1ccnc1.O=S(=O)([O-])c1ccccc1. The molecule has 6 heteroatoms. The van der Waals surface area contributed by atoms with E-state index in [1.54, 1.807) is 18.6 Å². The summed E-state index contributed by atoms with van der Waals surface area (Å²) in [6.45, 7) is 3.10. The van der Waals surface area contributed by atoms with Crippen LogP contribution in [0.1, 0.15) is 6.92 Å². The summed E-state index contributed by atoms with van der Waals surface area (Å²) >= 11 is 0. The van der Waals surface area contributed by atoms with Gasteiger partial charge in [0.1, 0.15) is 10.1 Å². The van der Waals surface area contributed by atoms with Crippen molar-refractivity contribution in [1.82, 2.24) is 9.55 Å². The van der Waals surface area contributed by atoms with Crippen molar-refractivity contribution in [1.29, 1.82) is 0 Å². The lowest BCUT2D eigenvalue weighted by Gasteiger charge is -2.04. The molecule has 2 aromatic rings. The van der Waals surface area contributed by atoms with E-state index in [0.29, 0.717) is 0 Å². The Morgan fingerprint density at radius 3 is 2.24 bits per heavy atom. The van der Waals surface area contributed by atoms with Gasteiger partial charge in [0, 0.05) is 18.9 Å². The molecule has 0 bridgehead atoms. The van der Waals surface area contributed by atoms with E-state index in [-0.39, 0.29) is 4.90 Å². The van der Waals surface area contributed by atoms with Gasteiger partial charge in [0.25, 0.3) is 0 Å². The number of aryl methyl sites for hydroxylation is 1. The largest absolute Gasteiger partial charge is 0.744 e. The summed E-state index contributed by atoms with van der Waals surface area (Å²) in [4.78, 5) is 3.67. The van der Waals surface area contributed by atoms with Crippen molar-refractivity contribution in [3.8, 4) is 0 Å². The summed E-state index contributed by atoms with van der Waals surface area (Å²) in [5, 5.41) is 0. The Kier molecular flexibility index (Phi) is 4.86. The zero-order valence-corrected chi connectivity index (χ0v) is 10.2. The molecule has 0 amide bonds. The van der Waals surface area contributed by atoms with Crippen molar-refractivity contribution < 1.29 is 13.0 Å². The second kappa shape index (κ2) is 6.17. The monoisotopic (exact) mass is 253 g/mol. The molecule has 1 aromatic carbocycles. The van der Waals surface area contributed by atoms with Gasteiger partial charge < -0.3 is 9.12 Å². The van der Waals surface area contributed by atoms with E-state index in [1.165, 1.54) is 24.3 Å². The van der Waals surface area contributed by atoms with Crippen molar-refractivity contribution in [3.05, 3.63) is 49.1 Å². The van der Waals surface area contributed by atoms with Gasteiger partial charge >= 0.3 is 0 Å². The fourth-order valence-corrected chi connectivity index (χ4v) is 1.55. The lowest BCUT2D eigenvalue weighted by atomic mass is 10.4. The highest BCUT2D eigenvalue weighted by Crippen LogP contribution is 2.04. The van der Waals surface area contributed by atoms with Crippen LogP contribution in [0.15, 0.2) is 53.9 Å². The van der Waals surface area contributed by atoms with Crippen LogP contribution in [0.3, 0.4) is 0 Å². The molecule has 5 nitrogen and oxygen atoms in total. The van der Waals surface area contributed by atoms with Gasteiger partial charge in [0.05, 0.1) is 11.2 Å². The van der Waals surface area contributed by atoms with Gasteiger partial charge in [0.15, 0.2) is 0 Å². The number of benzene rings is 1. The van der Waals surface area contributed by atoms with Crippen molar-refractivity contribution in [2.24, 2.45) is 0 Å². The molecule has 0 unspecified atom stereocenters. The van der Waals surface area contributed by atoms with Gasteiger partial charge in [-0.1, -0.05) is 18.2 Å². The molecular weight excluding hydrogens is 240 g/mol. The zero-order valence-electron chi connectivity index (χ0n) is 9.35. The van der Waals surface area contributed by atoms with Crippen LogP contribution in [0.4, 0.5) is 0 Å². The van der Waals surface area contributed by atoms with Gasteiger partial charge in [-0.15, -0.1) is 0 Å². The van der Waals surface area contributed by atoms with E-state index in [0.717, 1.165) is 6.54 Å². The summed E-state index contributed by atoms with van der Waals surface area (Å²) in [7, 11) is -4.25. The quantitative estimate of drug-likeness (QED) is 0.760. The van der Waals surface area contributed by atoms with E-state index in [9.17, 15) is 13.0 Å².